The summed E-state index contributed by atoms with van der Waals surface area (Å²) in [6.45, 7) is 1.73. The quantitative estimate of drug-likeness (QED) is 0.577. The fraction of sp³-hybridized carbons (Fsp3) is 0.286. The second-order valence-electron chi connectivity index (χ2n) is 7.11. The van der Waals surface area contributed by atoms with Crippen molar-refractivity contribution in [2.45, 2.75) is 30.0 Å². The van der Waals surface area contributed by atoms with Crippen LogP contribution >= 0.6 is 15.9 Å². The van der Waals surface area contributed by atoms with Gasteiger partial charge in [0, 0.05) is 34.7 Å². The number of halogens is 1. The van der Waals surface area contributed by atoms with E-state index in [9.17, 15) is 13.2 Å². The third-order valence-corrected chi connectivity index (χ3v) is 7.36. The molecule has 0 atom stereocenters. The van der Waals surface area contributed by atoms with Crippen molar-refractivity contribution in [1.82, 2.24) is 9.47 Å². The second-order valence-corrected chi connectivity index (χ2v) is 9.99. The molecule has 28 heavy (non-hydrogen) atoms. The third-order valence-electron chi connectivity index (χ3n) is 5.12. The lowest BCUT2D eigenvalue weighted by Gasteiger charge is -2.15. The van der Waals surface area contributed by atoms with Crippen LogP contribution in [-0.4, -0.2) is 36.9 Å². The van der Waals surface area contributed by atoms with Crippen molar-refractivity contribution < 1.29 is 13.2 Å². The number of aromatic nitrogens is 1. The van der Waals surface area contributed by atoms with Crippen LogP contribution in [0, 0.1) is 0 Å². The zero-order valence-corrected chi connectivity index (χ0v) is 17.7. The summed E-state index contributed by atoms with van der Waals surface area (Å²) < 4.78 is 28.9. The maximum Gasteiger partial charge on any atom is 0.242 e. The lowest BCUT2D eigenvalue weighted by Crippen LogP contribution is -2.30. The molecule has 2 heterocycles. The Bertz CT molecular complexity index is 1110. The number of fused-ring (bicyclic) bond motifs is 1. The number of benzene rings is 2. The summed E-state index contributed by atoms with van der Waals surface area (Å²) in [5.74, 6) is -0.0379. The molecule has 2 aromatic carbocycles. The molecule has 4 rings (SSSR count). The minimum atomic E-state index is -3.55. The van der Waals surface area contributed by atoms with Crippen molar-refractivity contribution in [3.8, 4) is 0 Å². The van der Waals surface area contributed by atoms with Gasteiger partial charge in [0.05, 0.1) is 10.6 Å². The Morgan fingerprint density at radius 3 is 2.39 bits per heavy atom. The van der Waals surface area contributed by atoms with Crippen molar-refractivity contribution in [3.05, 3.63) is 64.8 Å². The number of hydrogen-bond acceptors (Lipinski definition) is 3. The van der Waals surface area contributed by atoms with Crippen LogP contribution in [0.5, 0.6) is 0 Å². The molecular formula is C21H21BrN2O3S. The van der Waals surface area contributed by atoms with Gasteiger partial charge < -0.3 is 9.47 Å². The average molecular weight is 461 g/mol. The minimum absolute atomic E-state index is 0.0371. The Kier molecular flexibility index (Phi) is 5.29. The maximum atomic E-state index is 13.1. The fourth-order valence-corrected chi connectivity index (χ4v) is 5.53. The van der Waals surface area contributed by atoms with Crippen molar-refractivity contribution >= 4 is 42.6 Å². The highest BCUT2D eigenvalue weighted by Gasteiger charge is 2.24. The van der Waals surface area contributed by atoms with Gasteiger partial charge in [-0.15, -0.1) is 0 Å². The molecule has 7 heteroatoms. The molecule has 1 aliphatic heterocycles. The molecule has 0 bridgehead atoms. The lowest BCUT2D eigenvalue weighted by atomic mass is 10.2. The van der Waals surface area contributed by atoms with E-state index < -0.39 is 9.84 Å². The van der Waals surface area contributed by atoms with E-state index in [0.717, 1.165) is 41.5 Å². The van der Waals surface area contributed by atoms with Crippen molar-refractivity contribution in [3.63, 3.8) is 0 Å². The molecule has 5 nitrogen and oxygen atoms in total. The van der Waals surface area contributed by atoms with Gasteiger partial charge in [-0.05, 0) is 36.6 Å². The van der Waals surface area contributed by atoms with E-state index in [1.807, 2.05) is 35.2 Å². The Hall–Kier alpha value is -2.12. The predicted molar refractivity (Wildman–Crippen MR) is 113 cm³/mol. The van der Waals surface area contributed by atoms with E-state index in [-0.39, 0.29) is 23.1 Å². The topological polar surface area (TPSA) is 59.4 Å². The summed E-state index contributed by atoms with van der Waals surface area (Å²) in [4.78, 5) is 14.7. The first-order valence-electron chi connectivity index (χ1n) is 9.27. The molecule has 1 saturated heterocycles. The van der Waals surface area contributed by atoms with Crippen LogP contribution in [0.15, 0.2) is 64.1 Å². The number of rotatable bonds is 5. The van der Waals surface area contributed by atoms with Gasteiger partial charge in [0.15, 0.2) is 9.84 Å². The van der Waals surface area contributed by atoms with Gasteiger partial charge in [-0.25, -0.2) is 8.42 Å². The van der Waals surface area contributed by atoms with Gasteiger partial charge in [0.2, 0.25) is 5.91 Å². The fourth-order valence-electron chi connectivity index (χ4n) is 3.68. The number of nitrogens with zero attached hydrogens (tertiary/aromatic N) is 2. The Balaban J connectivity index is 1.68. The SMILES string of the molecule is O=C(Cn1cc(S(=O)(=O)Cc2ccc(Br)cc2)c2ccccc21)N1CCCC1. The standard InChI is InChI=1S/C21H21BrN2O3S/c22-17-9-7-16(8-10-17)15-28(26,27)20-13-24(19-6-2-1-5-18(19)20)14-21(25)23-11-3-4-12-23/h1-2,5-10,13H,3-4,11-12,14-15H2. The zero-order chi connectivity index (χ0) is 19.7. The molecule has 0 spiro atoms. The number of para-hydroxylation sites is 1. The highest BCUT2D eigenvalue weighted by atomic mass is 79.9. The van der Waals surface area contributed by atoms with Gasteiger partial charge in [-0.3, -0.25) is 4.79 Å². The third kappa shape index (κ3) is 3.86. The monoisotopic (exact) mass is 460 g/mol. The van der Waals surface area contributed by atoms with Gasteiger partial charge in [0.1, 0.15) is 6.54 Å². The molecular weight excluding hydrogens is 440 g/mol. The van der Waals surface area contributed by atoms with Crippen LogP contribution in [0.1, 0.15) is 18.4 Å². The molecule has 146 valence electrons. The molecule has 1 fully saturated rings. The van der Waals surface area contributed by atoms with Gasteiger partial charge in [-0.2, -0.15) is 0 Å². The Morgan fingerprint density at radius 2 is 1.68 bits per heavy atom. The van der Waals surface area contributed by atoms with Gasteiger partial charge >= 0.3 is 0 Å². The van der Waals surface area contributed by atoms with Crippen molar-refractivity contribution in [2.75, 3.05) is 13.1 Å². The smallest absolute Gasteiger partial charge is 0.242 e. The van der Waals surface area contributed by atoms with Crippen LogP contribution in [0.2, 0.25) is 0 Å². The summed E-state index contributed by atoms with van der Waals surface area (Å²) in [7, 11) is -3.55. The molecule has 0 unspecified atom stereocenters. The number of carbonyl (C=O) groups is 1. The van der Waals surface area contributed by atoms with E-state index in [2.05, 4.69) is 15.9 Å². The highest BCUT2D eigenvalue weighted by molar-refractivity contribution is 9.10. The van der Waals surface area contributed by atoms with Crippen molar-refractivity contribution in [1.29, 1.82) is 0 Å². The summed E-state index contributed by atoms with van der Waals surface area (Å²) in [6, 6.07) is 14.6. The van der Waals surface area contributed by atoms with Gasteiger partial charge in [-0.1, -0.05) is 46.3 Å². The van der Waals surface area contributed by atoms with E-state index in [1.165, 1.54) is 0 Å². The number of likely N-dealkylation sites (tertiary alicyclic amines) is 1. The summed E-state index contributed by atoms with van der Waals surface area (Å²) in [6.07, 6.45) is 3.68. The predicted octanol–water partition coefficient (Wildman–Crippen LogP) is 4.00. The molecule has 1 aliphatic rings. The summed E-state index contributed by atoms with van der Waals surface area (Å²) >= 11 is 3.37. The van der Waals surface area contributed by atoms with E-state index >= 15 is 0 Å². The largest absolute Gasteiger partial charge is 0.341 e. The first-order valence-corrected chi connectivity index (χ1v) is 11.7. The first-order chi connectivity index (χ1) is 13.4. The second kappa shape index (κ2) is 7.72. The molecule has 1 aromatic heterocycles. The normalized spacial score (nSPS) is 14.7. The lowest BCUT2D eigenvalue weighted by molar-refractivity contribution is -0.130. The molecule has 1 amide bonds. The minimum Gasteiger partial charge on any atom is -0.341 e. The highest BCUT2D eigenvalue weighted by Crippen LogP contribution is 2.28. The van der Waals surface area contributed by atoms with E-state index in [4.69, 9.17) is 0 Å². The molecule has 0 saturated carbocycles. The summed E-state index contributed by atoms with van der Waals surface area (Å²) in [5.41, 5.74) is 1.50. The Labute approximate surface area is 173 Å². The first kappa shape index (κ1) is 19.2. The molecule has 0 N–H and O–H groups in total. The number of sulfone groups is 1. The number of hydrogen-bond donors (Lipinski definition) is 0. The Morgan fingerprint density at radius 1 is 1.00 bits per heavy atom. The summed E-state index contributed by atoms with van der Waals surface area (Å²) in [5, 5.41) is 0.661. The average Bonchev–Trinajstić information content (AvgIpc) is 3.32. The van der Waals surface area contributed by atoms with E-state index in [0.29, 0.717) is 5.39 Å². The van der Waals surface area contributed by atoms with Crippen LogP contribution in [0.3, 0.4) is 0 Å². The van der Waals surface area contributed by atoms with Gasteiger partial charge in [0.25, 0.3) is 0 Å². The van der Waals surface area contributed by atoms with Crippen LogP contribution in [0.25, 0.3) is 10.9 Å². The van der Waals surface area contributed by atoms with Crippen LogP contribution in [0.4, 0.5) is 0 Å². The molecule has 3 aromatic rings. The van der Waals surface area contributed by atoms with Crippen molar-refractivity contribution in [2.24, 2.45) is 0 Å². The van der Waals surface area contributed by atoms with E-state index in [1.54, 1.807) is 29.0 Å². The number of carbonyl (C=O) groups excluding carboxylic acids is 1. The zero-order valence-electron chi connectivity index (χ0n) is 15.3. The maximum absolute atomic E-state index is 13.1. The molecule has 0 aliphatic carbocycles. The number of amides is 1. The van der Waals surface area contributed by atoms with Crippen LogP contribution < -0.4 is 0 Å². The molecule has 0 radical (unpaired) electrons. The van der Waals surface area contributed by atoms with Crippen LogP contribution in [-0.2, 0) is 26.9 Å².